The number of para-hydroxylation sites is 1. The SMILES string of the molecule is CC(=O)N1CCN(C(=O)CN(C)Cc2cnn(-c3ccccc3)c2)CC1. The van der Waals surface area contributed by atoms with Crippen LogP contribution in [0.1, 0.15) is 12.5 Å². The van der Waals surface area contributed by atoms with Crippen molar-refractivity contribution in [2.45, 2.75) is 13.5 Å². The van der Waals surface area contributed by atoms with Crippen LogP contribution in [0.25, 0.3) is 5.69 Å². The van der Waals surface area contributed by atoms with Gasteiger partial charge in [-0.25, -0.2) is 4.68 Å². The van der Waals surface area contributed by atoms with Gasteiger partial charge in [-0.15, -0.1) is 0 Å². The van der Waals surface area contributed by atoms with Crippen molar-refractivity contribution in [2.24, 2.45) is 0 Å². The summed E-state index contributed by atoms with van der Waals surface area (Å²) in [6.07, 6.45) is 3.82. The third-order valence-corrected chi connectivity index (χ3v) is 4.59. The number of nitrogens with zero attached hydrogens (tertiary/aromatic N) is 5. The number of amides is 2. The Morgan fingerprint density at radius 1 is 1.08 bits per heavy atom. The van der Waals surface area contributed by atoms with Crippen LogP contribution in [0.5, 0.6) is 0 Å². The molecule has 7 nitrogen and oxygen atoms in total. The summed E-state index contributed by atoms with van der Waals surface area (Å²) in [5, 5.41) is 4.39. The number of hydrogen-bond acceptors (Lipinski definition) is 4. The molecule has 1 saturated heterocycles. The van der Waals surface area contributed by atoms with Gasteiger partial charge in [-0.2, -0.15) is 5.10 Å². The van der Waals surface area contributed by atoms with Crippen LogP contribution in [0, 0.1) is 0 Å². The van der Waals surface area contributed by atoms with Crippen LogP contribution < -0.4 is 0 Å². The number of benzene rings is 1. The second-order valence-electron chi connectivity index (χ2n) is 6.69. The average molecular weight is 355 g/mol. The summed E-state index contributed by atoms with van der Waals surface area (Å²) < 4.78 is 1.84. The zero-order valence-electron chi connectivity index (χ0n) is 15.3. The molecule has 1 aromatic heterocycles. The van der Waals surface area contributed by atoms with Gasteiger partial charge in [0, 0.05) is 51.4 Å². The molecule has 1 fully saturated rings. The van der Waals surface area contributed by atoms with Crippen molar-refractivity contribution in [1.29, 1.82) is 0 Å². The van der Waals surface area contributed by atoms with Gasteiger partial charge in [0.05, 0.1) is 18.4 Å². The van der Waals surface area contributed by atoms with Gasteiger partial charge < -0.3 is 9.80 Å². The number of likely N-dealkylation sites (N-methyl/N-ethyl adjacent to an activating group) is 1. The van der Waals surface area contributed by atoms with Gasteiger partial charge in [-0.3, -0.25) is 14.5 Å². The van der Waals surface area contributed by atoms with Gasteiger partial charge in [0.15, 0.2) is 0 Å². The Hall–Kier alpha value is -2.67. The first-order valence-electron chi connectivity index (χ1n) is 8.84. The van der Waals surface area contributed by atoms with E-state index in [1.807, 2.05) is 64.3 Å². The minimum Gasteiger partial charge on any atom is -0.339 e. The third kappa shape index (κ3) is 4.49. The third-order valence-electron chi connectivity index (χ3n) is 4.59. The van der Waals surface area contributed by atoms with E-state index >= 15 is 0 Å². The van der Waals surface area contributed by atoms with E-state index in [-0.39, 0.29) is 11.8 Å². The highest BCUT2D eigenvalue weighted by atomic mass is 16.2. The zero-order valence-corrected chi connectivity index (χ0v) is 15.3. The number of carbonyl (C=O) groups excluding carboxylic acids is 2. The van der Waals surface area contributed by atoms with Gasteiger partial charge >= 0.3 is 0 Å². The maximum absolute atomic E-state index is 12.5. The molecule has 7 heteroatoms. The molecule has 2 heterocycles. The van der Waals surface area contributed by atoms with Crippen molar-refractivity contribution in [1.82, 2.24) is 24.5 Å². The molecule has 1 aliphatic rings. The number of carbonyl (C=O) groups is 2. The van der Waals surface area contributed by atoms with Gasteiger partial charge in [0.25, 0.3) is 0 Å². The second-order valence-corrected chi connectivity index (χ2v) is 6.69. The van der Waals surface area contributed by atoms with E-state index in [1.54, 1.807) is 11.8 Å². The summed E-state index contributed by atoms with van der Waals surface area (Å²) in [6.45, 7) is 5.04. The molecule has 0 unspecified atom stereocenters. The van der Waals surface area contributed by atoms with E-state index < -0.39 is 0 Å². The monoisotopic (exact) mass is 355 g/mol. The first kappa shape index (κ1) is 18.1. The number of aromatic nitrogens is 2. The molecule has 0 spiro atoms. The smallest absolute Gasteiger partial charge is 0.236 e. The Bertz CT molecular complexity index is 750. The Balaban J connectivity index is 1.50. The lowest BCUT2D eigenvalue weighted by Crippen LogP contribution is -2.51. The lowest BCUT2D eigenvalue weighted by molar-refractivity contribution is -0.139. The molecule has 138 valence electrons. The van der Waals surface area contributed by atoms with Crippen molar-refractivity contribution in [3.05, 3.63) is 48.3 Å². The van der Waals surface area contributed by atoms with Crippen molar-refractivity contribution in [3.63, 3.8) is 0 Å². The summed E-state index contributed by atoms with van der Waals surface area (Å²) in [7, 11) is 1.93. The van der Waals surface area contributed by atoms with Crippen LogP contribution in [-0.4, -0.2) is 76.1 Å². The quantitative estimate of drug-likeness (QED) is 0.803. The summed E-state index contributed by atoms with van der Waals surface area (Å²) in [4.78, 5) is 29.4. The minimum atomic E-state index is 0.0737. The molecule has 3 rings (SSSR count). The first-order valence-corrected chi connectivity index (χ1v) is 8.84. The molecule has 0 saturated carbocycles. The molecule has 1 aliphatic heterocycles. The average Bonchev–Trinajstić information content (AvgIpc) is 3.10. The van der Waals surface area contributed by atoms with E-state index in [0.29, 0.717) is 39.3 Å². The largest absolute Gasteiger partial charge is 0.339 e. The van der Waals surface area contributed by atoms with Gasteiger partial charge in [0.2, 0.25) is 11.8 Å². The lowest BCUT2D eigenvalue weighted by Gasteiger charge is -2.35. The summed E-state index contributed by atoms with van der Waals surface area (Å²) in [5.74, 6) is 0.177. The number of piperazine rings is 1. The van der Waals surface area contributed by atoms with E-state index in [4.69, 9.17) is 0 Å². The van der Waals surface area contributed by atoms with Crippen LogP contribution in [0.3, 0.4) is 0 Å². The van der Waals surface area contributed by atoms with Gasteiger partial charge in [-0.1, -0.05) is 18.2 Å². The number of rotatable bonds is 5. The zero-order chi connectivity index (χ0) is 18.5. The van der Waals surface area contributed by atoms with E-state index in [0.717, 1.165) is 11.3 Å². The highest BCUT2D eigenvalue weighted by Gasteiger charge is 2.23. The summed E-state index contributed by atoms with van der Waals surface area (Å²) in [5.41, 5.74) is 2.08. The lowest BCUT2D eigenvalue weighted by atomic mass is 10.3. The fourth-order valence-electron chi connectivity index (χ4n) is 3.13. The molecule has 0 N–H and O–H groups in total. The Kier molecular flexibility index (Phi) is 5.68. The predicted octanol–water partition coefficient (Wildman–Crippen LogP) is 0.995. The van der Waals surface area contributed by atoms with Crippen molar-refractivity contribution in [3.8, 4) is 5.69 Å². The molecular formula is C19H25N5O2. The molecule has 0 aliphatic carbocycles. The summed E-state index contributed by atoms with van der Waals surface area (Å²) in [6, 6.07) is 9.94. The molecular weight excluding hydrogens is 330 g/mol. The normalized spacial score (nSPS) is 14.7. The van der Waals surface area contributed by atoms with Crippen LogP contribution in [0.2, 0.25) is 0 Å². The molecule has 1 aromatic carbocycles. The molecule has 0 radical (unpaired) electrons. The fraction of sp³-hybridized carbons (Fsp3) is 0.421. The standard InChI is InChI=1S/C19H25N5O2/c1-16(25)22-8-10-23(11-9-22)19(26)15-21(2)13-17-12-20-24(14-17)18-6-4-3-5-7-18/h3-7,12,14H,8-11,13,15H2,1-2H3. The highest BCUT2D eigenvalue weighted by molar-refractivity contribution is 5.79. The Morgan fingerprint density at radius 3 is 2.38 bits per heavy atom. The predicted molar refractivity (Wildman–Crippen MR) is 98.7 cm³/mol. The molecule has 2 aromatic rings. The van der Waals surface area contributed by atoms with E-state index in [2.05, 4.69) is 5.10 Å². The fourth-order valence-corrected chi connectivity index (χ4v) is 3.13. The number of hydrogen-bond donors (Lipinski definition) is 0. The maximum atomic E-state index is 12.5. The van der Waals surface area contributed by atoms with E-state index in [1.165, 1.54) is 0 Å². The maximum Gasteiger partial charge on any atom is 0.236 e. The highest BCUT2D eigenvalue weighted by Crippen LogP contribution is 2.10. The minimum absolute atomic E-state index is 0.0737. The van der Waals surface area contributed by atoms with Gasteiger partial charge in [-0.05, 0) is 19.2 Å². The van der Waals surface area contributed by atoms with Crippen molar-refractivity contribution >= 4 is 11.8 Å². The Labute approximate surface area is 153 Å². The molecule has 0 atom stereocenters. The van der Waals surface area contributed by atoms with Crippen LogP contribution in [0.4, 0.5) is 0 Å². The second kappa shape index (κ2) is 8.14. The van der Waals surface area contributed by atoms with Gasteiger partial charge in [0.1, 0.15) is 0 Å². The molecule has 2 amide bonds. The van der Waals surface area contributed by atoms with Crippen molar-refractivity contribution < 1.29 is 9.59 Å². The first-order chi connectivity index (χ1) is 12.5. The molecule has 26 heavy (non-hydrogen) atoms. The van der Waals surface area contributed by atoms with E-state index in [9.17, 15) is 9.59 Å². The van der Waals surface area contributed by atoms with Crippen LogP contribution in [0.15, 0.2) is 42.7 Å². The Morgan fingerprint density at radius 2 is 1.73 bits per heavy atom. The van der Waals surface area contributed by atoms with Crippen LogP contribution in [-0.2, 0) is 16.1 Å². The van der Waals surface area contributed by atoms with Crippen molar-refractivity contribution in [2.75, 3.05) is 39.8 Å². The summed E-state index contributed by atoms with van der Waals surface area (Å²) >= 11 is 0. The van der Waals surface area contributed by atoms with Crippen LogP contribution >= 0.6 is 0 Å². The topological polar surface area (TPSA) is 61.7 Å². The molecule has 0 bridgehead atoms.